The number of nitrogens with one attached hydrogen (secondary N) is 1. The second-order valence-corrected chi connectivity index (χ2v) is 4.17. The van der Waals surface area contributed by atoms with Crippen molar-refractivity contribution in [1.29, 1.82) is 0 Å². The topological polar surface area (TPSA) is 38.0 Å². The van der Waals surface area contributed by atoms with Crippen molar-refractivity contribution in [1.82, 2.24) is 0 Å². The van der Waals surface area contributed by atoms with E-state index in [-0.39, 0.29) is 5.82 Å². The number of anilines is 3. The average molecular weight is 251 g/mol. The maximum atomic E-state index is 13.6. The molecule has 17 heavy (non-hydrogen) atoms. The predicted octanol–water partition coefficient (Wildman–Crippen LogP) is 4.11. The number of hydrogen-bond donors (Lipinski definition) is 2. The highest BCUT2D eigenvalue weighted by Crippen LogP contribution is 2.31. The summed E-state index contributed by atoms with van der Waals surface area (Å²) in [5.41, 5.74) is 8.06. The summed E-state index contributed by atoms with van der Waals surface area (Å²) in [6.45, 7) is 1.83. The summed E-state index contributed by atoms with van der Waals surface area (Å²) in [7, 11) is 0. The van der Waals surface area contributed by atoms with Gasteiger partial charge in [-0.05, 0) is 30.7 Å². The molecule has 0 aromatic heterocycles. The van der Waals surface area contributed by atoms with E-state index in [4.69, 9.17) is 17.3 Å². The van der Waals surface area contributed by atoms with Gasteiger partial charge in [0, 0.05) is 0 Å². The molecule has 0 atom stereocenters. The first-order valence-corrected chi connectivity index (χ1v) is 5.53. The zero-order valence-corrected chi connectivity index (χ0v) is 10.1. The SMILES string of the molecule is Cc1cccc(F)c1Nc1cccc(Cl)c1N. The molecule has 88 valence electrons. The molecule has 2 rings (SSSR count). The summed E-state index contributed by atoms with van der Waals surface area (Å²) in [6, 6.07) is 10.1. The van der Waals surface area contributed by atoms with Gasteiger partial charge in [0.05, 0.1) is 22.1 Å². The van der Waals surface area contributed by atoms with Crippen molar-refractivity contribution in [3.8, 4) is 0 Å². The Balaban J connectivity index is 2.42. The maximum Gasteiger partial charge on any atom is 0.146 e. The number of halogens is 2. The van der Waals surface area contributed by atoms with E-state index < -0.39 is 0 Å². The van der Waals surface area contributed by atoms with Gasteiger partial charge < -0.3 is 11.1 Å². The van der Waals surface area contributed by atoms with Gasteiger partial charge in [-0.1, -0.05) is 29.8 Å². The summed E-state index contributed by atoms with van der Waals surface area (Å²) < 4.78 is 13.6. The lowest BCUT2D eigenvalue weighted by atomic mass is 10.1. The van der Waals surface area contributed by atoms with Crippen LogP contribution in [0.2, 0.25) is 5.02 Å². The molecular weight excluding hydrogens is 239 g/mol. The number of aryl methyl sites for hydroxylation is 1. The molecule has 0 radical (unpaired) electrons. The minimum absolute atomic E-state index is 0.315. The van der Waals surface area contributed by atoms with Crippen LogP contribution in [-0.4, -0.2) is 0 Å². The molecule has 0 aliphatic heterocycles. The summed E-state index contributed by atoms with van der Waals surface area (Å²) in [6.07, 6.45) is 0. The molecule has 0 aliphatic rings. The van der Waals surface area contributed by atoms with E-state index in [1.807, 2.05) is 13.0 Å². The van der Waals surface area contributed by atoms with Crippen LogP contribution >= 0.6 is 11.6 Å². The normalized spacial score (nSPS) is 10.3. The van der Waals surface area contributed by atoms with Crippen molar-refractivity contribution < 1.29 is 4.39 Å². The van der Waals surface area contributed by atoms with Crippen LogP contribution in [0, 0.1) is 12.7 Å². The Morgan fingerprint density at radius 3 is 2.59 bits per heavy atom. The van der Waals surface area contributed by atoms with E-state index in [0.29, 0.717) is 22.1 Å². The van der Waals surface area contributed by atoms with Crippen molar-refractivity contribution in [2.75, 3.05) is 11.1 Å². The van der Waals surface area contributed by atoms with Gasteiger partial charge >= 0.3 is 0 Å². The largest absolute Gasteiger partial charge is 0.396 e. The lowest BCUT2D eigenvalue weighted by Crippen LogP contribution is -2.00. The Morgan fingerprint density at radius 2 is 1.88 bits per heavy atom. The number of hydrogen-bond acceptors (Lipinski definition) is 2. The van der Waals surface area contributed by atoms with Gasteiger partial charge in [0.2, 0.25) is 0 Å². The molecule has 0 fully saturated rings. The number of para-hydroxylation sites is 2. The van der Waals surface area contributed by atoms with E-state index in [2.05, 4.69) is 5.32 Å². The Bertz CT molecular complexity index is 535. The third-order valence-corrected chi connectivity index (χ3v) is 2.86. The highest BCUT2D eigenvalue weighted by molar-refractivity contribution is 6.33. The van der Waals surface area contributed by atoms with Crippen LogP contribution in [0.1, 0.15) is 5.56 Å². The first-order valence-electron chi connectivity index (χ1n) is 5.15. The molecule has 0 aliphatic carbocycles. The second-order valence-electron chi connectivity index (χ2n) is 3.76. The van der Waals surface area contributed by atoms with Crippen LogP contribution < -0.4 is 11.1 Å². The van der Waals surface area contributed by atoms with Gasteiger partial charge in [0.15, 0.2) is 0 Å². The average Bonchev–Trinajstić information content (AvgIpc) is 2.29. The summed E-state index contributed by atoms with van der Waals surface area (Å²) >= 11 is 5.90. The molecule has 0 saturated carbocycles. The fourth-order valence-corrected chi connectivity index (χ4v) is 1.75. The smallest absolute Gasteiger partial charge is 0.146 e. The Hall–Kier alpha value is -1.74. The number of nitrogens with two attached hydrogens (primary N) is 1. The lowest BCUT2D eigenvalue weighted by molar-refractivity contribution is 0.631. The highest BCUT2D eigenvalue weighted by Gasteiger charge is 2.08. The molecule has 4 heteroatoms. The van der Waals surface area contributed by atoms with Gasteiger partial charge in [-0.3, -0.25) is 0 Å². The van der Waals surface area contributed by atoms with Crippen molar-refractivity contribution in [2.45, 2.75) is 6.92 Å². The first-order chi connectivity index (χ1) is 8.09. The van der Waals surface area contributed by atoms with Gasteiger partial charge in [0.1, 0.15) is 5.82 Å². The minimum atomic E-state index is -0.315. The lowest BCUT2D eigenvalue weighted by Gasteiger charge is -2.13. The fourth-order valence-electron chi connectivity index (χ4n) is 1.57. The van der Waals surface area contributed by atoms with Crippen LogP contribution in [0.3, 0.4) is 0 Å². The van der Waals surface area contributed by atoms with Crippen molar-refractivity contribution in [3.05, 3.63) is 52.8 Å². The molecule has 0 spiro atoms. The van der Waals surface area contributed by atoms with Crippen molar-refractivity contribution in [3.63, 3.8) is 0 Å². The quantitative estimate of drug-likeness (QED) is 0.787. The van der Waals surface area contributed by atoms with Gasteiger partial charge in [-0.15, -0.1) is 0 Å². The Kier molecular flexibility index (Phi) is 3.20. The van der Waals surface area contributed by atoms with E-state index >= 15 is 0 Å². The molecule has 0 heterocycles. The fraction of sp³-hybridized carbons (Fsp3) is 0.0769. The van der Waals surface area contributed by atoms with Gasteiger partial charge in [-0.2, -0.15) is 0 Å². The molecule has 2 aromatic carbocycles. The van der Waals surface area contributed by atoms with Crippen LogP contribution in [0.25, 0.3) is 0 Å². The third kappa shape index (κ3) is 2.34. The molecule has 0 saturated heterocycles. The molecule has 2 nitrogen and oxygen atoms in total. The molecule has 3 N–H and O–H groups in total. The van der Waals surface area contributed by atoms with E-state index in [9.17, 15) is 4.39 Å². The number of rotatable bonds is 2. The minimum Gasteiger partial charge on any atom is -0.396 e. The third-order valence-electron chi connectivity index (χ3n) is 2.53. The molecule has 0 unspecified atom stereocenters. The zero-order valence-electron chi connectivity index (χ0n) is 9.30. The van der Waals surface area contributed by atoms with Gasteiger partial charge in [-0.25, -0.2) is 4.39 Å². The Morgan fingerprint density at radius 1 is 1.18 bits per heavy atom. The van der Waals surface area contributed by atoms with Crippen LogP contribution in [0.5, 0.6) is 0 Å². The van der Waals surface area contributed by atoms with E-state index in [0.717, 1.165) is 5.56 Å². The summed E-state index contributed by atoms with van der Waals surface area (Å²) in [5.74, 6) is -0.315. The van der Waals surface area contributed by atoms with E-state index in [1.165, 1.54) is 6.07 Å². The highest BCUT2D eigenvalue weighted by atomic mass is 35.5. The first kappa shape index (κ1) is 11.7. The number of nitrogen functional groups attached to an aromatic ring is 1. The molecule has 0 bridgehead atoms. The van der Waals surface area contributed by atoms with Crippen molar-refractivity contribution in [2.24, 2.45) is 0 Å². The maximum absolute atomic E-state index is 13.6. The standard InChI is InChI=1S/C13H12ClFN2/c1-8-4-2-6-10(15)13(8)17-11-7-3-5-9(14)12(11)16/h2-7,17H,16H2,1H3. The second kappa shape index (κ2) is 4.63. The van der Waals surface area contributed by atoms with E-state index in [1.54, 1.807) is 24.3 Å². The van der Waals surface area contributed by atoms with Crippen molar-refractivity contribution >= 4 is 28.7 Å². The number of benzene rings is 2. The Labute approximate surface area is 104 Å². The predicted molar refractivity (Wildman–Crippen MR) is 70.3 cm³/mol. The zero-order chi connectivity index (χ0) is 12.4. The molecular formula is C13H12ClFN2. The van der Waals surface area contributed by atoms with Crippen LogP contribution in [0.15, 0.2) is 36.4 Å². The van der Waals surface area contributed by atoms with Crippen LogP contribution in [0.4, 0.5) is 21.5 Å². The molecule has 0 amide bonds. The summed E-state index contributed by atoms with van der Waals surface area (Å²) in [5, 5.41) is 3.41. The molecule has 2 aromatic rings. The van der Waals surface area contributed by atoms with Crippen LogP contribution in [-0.2, 0) is 0 Å². The summed E-state index contributed by atoms with van der Waals surface area (Å²) in [4.78, 5) is 0. The van der Waals surface area contributed by atoms with Gasteiger partial charge in [0.25, 0.3) is 0 Å². The monoisotopic (exact) mass is 250 g/mol.